The van der Waals surface area contributed by atoms with E-state index in [2.05, 4.69) is 15.2 Å². The number of aromatic nitrogens is 3. The third-order valence-electron chi connectivity index (χ3n) is 13.1. The number of benzene rings is 1. The van der Waals surface area contributed by atoms with Gasteiger partial charge in [-0.3, -0.25) is 14.4 Å². The maximum Gasteiger partial charge on any atom is 0.410 e. The van der Waals surface area contributed by atoms with E-state index in [0.29, 0.717) is 56.7 Å². The van der Waals surface area contributed by atoms with Crippen LogP contribution < -0.4 is 5.73 Å². The molecule has 1 aromatic carbocycles. The summed E-state index contributed by atoms with van der Waals surface area (Å²) in [7, 11) is 7.15. The van der Waals surface area contributed by atoms with E-state index in [1.165, 1.54) is 14.0 Å². The van der Waals surface area contributed by atoms with Crippen molar-refractivity contribution < 1.29 is 47.6 Å². The van der Waals surface area contributed by atoms with E-state index in [1.54, 1.807) is 37.3 Å². The van der Waals surface area contributed by atoms with E-state index in [1.807, 2.05) is 77.3 Å². The molecule has 350 valence electrons. The number of methoxy groups -OCH3 is 1. The number of alkyl halides is 1. The highest BCUT2D eigenvalue weighted by atomic mass is 19.1. The summed E-state index contributed by atoms with van der Waals surface area (Å²) in [5, 5.41) is 20.2. The predicted octanol–water partition coefficient (Wildman–Crippen LogP) is 5.36. The molecule has 2 fully saturated rings. The standard InChI is InChI=1S/C45H74FN7O9/c1-14-34(50(10)11)36(54)40(59-16-3)61-39-29(5)38(55)44(8,46)41(56)60-35(15-2)45(9)37(30(6)51(12)26-28(4)25-43(39,7)58-13)53(42(57)62-45)23-18-17-22-52-27-33(48-49-52)31-20-19-21-32(47)24-31/h19-21,24,27-30,34-37,39-40,54H,14-18,22-23,25-26,47H2,1-13H3/t28-,29+,30-,34?,35-,36?,37-,39-,40+,43-,44?,45-/m1/s1. The number of carbonyl (C=O) groups excluding carboxylic acids is 3. The summed E-state index contributed by atoms with van der Waals surface area (Å²) in [5.41, 5.74) is 2.35. The number of ketones is 1. The van der Waals surface area contributed by atoms with Crippen LogP contribution >= 0.6 is 0 Å². The Kier molecular flexibility index (Phi) is 17.5. The SMILES string of the molecule is CCO[C@@H](O[C@@H]1[C@@H](C)C(=O)C(C)(F)C(=O)O[C@H](CC)[C@@]2(C)OC(=O)N(CCCCn3cc(-c4cccc(N)c4)nn3)[C@@H]2[C@@H](C)N(C)C[C@H](C)C[C@@]1(C)OC)C(O)C(CC)N(C)C. The Hall–Kier alpha value is -3.74. The van der Waals surface area contributed by atoms with Crippen molar-refractivity contribution in [2.75, 3.05) is 53.7 Å². The van der Waals surface area contributed by atoms with Crippen LogP contribution in [0.3, 0.4) is 0 Å². The molecule has 0 radical (unpaired) electrons. The number of hydrogen-bond acceptors (Lipinski definition) is 14. The number of carbonyl (C=O) groups is 3. The number of rotatable bonds is 16. The zero-order valence-electron chi connectivity index (χ0n) is 39.3. The van der Waals surface area contributed by atoms with Gasteiger partial charge in [-0.15, -0.1) is 5.10 Å². The van der Waals surface area contributed by atoms with Gasteiger partial charge in [0, 0.05) is 62.6 Å². The minimum absolute atomic E-state index is 0.110. The molecule has 2 aromatic rings. The molecule has 2 saturated heterocycles. The lowest BCUT2D eigenvalue weighted by Crippen LogP contribution is -2.61. The van der Waals surface area contributed by atoms with Gasteiger partial charge in [-0.1, -0.05) is 45.0 Å². The number of amides is 1. The fourth-order valence-corrected chi connectivity index (χ4v) is 9.64. The molecule has 2 aliphatic heterocycles. The predicted molar refractivity (Wildman–Crippen MR) is 234 cm³/mol. The number of cyclic esters (lactones) is 1. The van der Waals surface area contributed by atoms with Gasteiger partial charge >= 0.3 is 12.1 Å². The molecule has 3 N–H and O–H groups in total. The molecule has 17 heteroatoms. The average Bonchev–Trinajstić information content (AvgIpc) is 3.79. The molecule has 1 aromatic heterocycles. The lowest BCUT2D eigenvalue weighted by molar-refractivity contribution is -0.266. The van der Waals surface area contributed by atoms with E-state index < -0.39 is 71.3 Å². The van der Waals surface area contributed by atoms with Gasteiger partial charge in [0.05, 0.1) is 23.9 Å². The maximum atomic E-state index is 17.1. The fourth-order valence-electron chi connectivity index (χ4n) is 9.64. The number of Topliss-reactive ketones (excluding diaryl/α,β-unsaturated/α-hetero) is 1. The van der Waals surface area contributed by atoms with Crippen molar-refractivity contribution in [3.63, 3.8) is 0 Å². The molecule has 0 bridgehead atoms. The summed E-state index contributed by atoms with van der Waals surface area (Å²) in [6.45, 7) is 17.0. The third-order valence-corrected chi connectivity index (χ3v) is 13.1. The van der Waals surface area contributed by atoms with Gasteiger partial charge in [0.25, 0.3) is 5.67 Å². The number of halogens is 1. The summed E-state index contributed by atoms with van der Waals surface area (Å²) in [6, 6.07) is 6.07. The fraction of sp³-hybridized carbons (Fsp3) is 0.756. The van der Waals surface area contributed by atoms with Gasteiger partial charge in [0.2, 0.25) is 0 Å². The van der Waals surface area contributed by atoms with E-state index in [-0.39, 0.29) is 31.0 Å². The molecule has 0 aliphatic carbocycles. The number of aliphatic hydroxyl groups excluding tert-OH is 1. The number of nitrogens with two attached hydrogens (primary N) is 1. The Morgan fingerprint density at radius 3 is 2.35 bits per heavy atom. The van der Waals surface area contributed by atoms with Crippen molar-refractivity contribution in [1.29, 1.82) is 0 Å². The first-order valence-electron chi connectivity index (χ1n) is 22.2. The van der Waals surface area contributed by atoms with Crippen LogP contribution in [0.1, 0.15) is 94.4 Å². The number of likely N-dealkylation sites (N-methyl/N-ethyl adjacent to an activating group) is 2. The molecule has 1 amide bonds. The second kappa shape index (κ2) is 21.3. The van der Waals surface area contributed by atoms with Crippen molar-refractivity contribution in [2.45, 2.75) is 161 Å². The summed E-state index contributed by atoms with van der Waals surface area (Å²) in [5.74, 6) is -3.87. The normalized spacial score (nSPS) is 32.1. The largest absolute Gasteiger partial charge is 0.455 e. The Morgan fingerprint density at radius 2 is 1.76 bits per heavy atom. The number of unbranched alkanes of at least 4 members (excludes halogenated alkanes) is 1. The Morgan fingerprint density at radius 1 is 1.08 bits per heavy atom. The van der Waals surface area contributed by atoms with Crippen molar-refractivity contribution in [1.82, 2.24) is 29.7 Å². The third kappa shape index (κ3) is 11.1. The number of esters is 1. The van der Waals surface area contributed by atoms with Crippen LogP contribution in [0.4, 0.5) is 14.9 Å². The molecule has 12 atom stereocenters. The summed E-state index contributed by atoms with van der Waals surface area (Å²) >= 11 is 0. The second-order valence-electron chi connectivity index (χ2n) is 18.2. The Labute approximate surface area is 367 Å². The summed E-state index contributed by atoms with van der Waals surface area (Å²) < 4.78 is 49.8. The monoisotopic (exact) mass is 876 g/mol. The van der Waals surface area contributed by atoms with Crippen LogP contribution in [0.2, 0.25) is 0 Å². The minimum Gasteiger partial charge on any atom is -0.455 e. The van der Waals surface area contributed by atoms with Crippen LogP contribution in [-0.2, 0) is 39.8 Å². The quantitative estimate of drug-likeness (QED) is 0.0723. The van der Waals surface area contributed by atoms with Gasteiger partial charge in [-0.2, -0.15) is 0 Å². The van der Waals surface area contributed by atoms with Crippen LogP contribution in [0, 0.1) is 11.8 Å². The molecular formula is C45H74FN7O9. The second-order valence-corrected chi connectivity index (χ2v) is 18.2. The lowest BCUT2D eigenvalue weighted by atomic mass is 9.78. The number of fused-ring (bicyclic) bond motifs is 1. The average molecular weight is 876 g/mol. The molecular weight excluding hydrogens is 802 g/mol. The van der Waals surface area contributed by atoms with Crippen molar-refractivity contribution >= 4 is 23.5 Å². The minimum atomic E-state index is -3.14. The molecule has 4 rings (SSSR count). The molecule has 62 heavy (non-hydrogen) atoms. The smallest absolute Gasteiger partial charge is 0.410 e. The molecule has 0 spiro atoms. The van der Waals surface area contributed by atoms with Crippen molar-refractivity contribution in [3.05, 3.63) is 30.5 Å². The molecule has 2 aliphatic rings. The Balaban J connectivity index is 1.67. The van der Waals surface area contributed by atoms with Gasteiger partial charge in [0.15, 0.2) is 17.7 Å². The van der Waals surface area contributed by atoms with Crippen molar-refractivity contribution in [3.8, 4) is 11.3 Å². The van der Waals surface area contributed by atoms with Crippen molar-refractivity contribution in [2.24, 2.45) is 11.8 Å². The highest BCUT2D eigenvalue weighted by Gasteiger charge is 2.60. The molecule has 16 nitrogen and oxygen atoms in total. The number of aryl methyl sites for hydroxylation is 1. The Bertz CT molecular complexity index is 1800. The number of nitrogens with zero attached hydrogens (tertiary/aromatic N) is 6. The first kappa shape index (κ1) is 50.9. The highest BCUT2D eigenvalue weighted by molar-refractivity contribution is 6.07. The number of ether oxygens (including phenoxy) is 5. The van der Waals surface area contributed by atoms with Gasteiger partial charge in [0.1, 0.15) is 17.9 Å². The number of nitrogen functional groups attached to an aromatic ring is 1. The maximum absolute atomic E-state index is 17.1. The number of hydrogen-bond donors (Lipinski definition) is 2. The molecule has 0 saturated carbocycles. The van der Waals surface area contributed by atoms with E-state index in [4.69, 9.17) is 29.4 Å². The van der Waals surface area contributed by atoms with Crippen LogP contribution in [-0.4, -0.2) is 160 Å². The zero-order valence-corrected chi connectivity index (χ0v) is 39.3. The number of anilines is 1. The lowest BCUT2D eigenvalue weighted by Gasteiger charge is -2.45. The van der Waals surface area contributed by atoms with Gasteiger partial charge < -0.3 is 44.3 Å². The van der Waals surface area contributed by atoms with Crippen LogP contribution in [0.15, 0.2) is 30.5 Å². The highest BCUT2D eigenvalue weighted by Crippen LogP contribution is 2.41. The van der Waals surface area contributed by atoms with Crippen LogP contribution in [0.25, 0.3) is 11.3 Å². The first-order valence-corrected chi connectivity index (χ1v) is 22.2. The number of aliphatic hydroxyl groups is 1. The van der Waals surface area contributed by atoms with E-state index in [0.717, 1.165) is 12.5 Å². The first-order chi connectivity index (χ1) is 29.1. The van der Waals surface area contributed by atoms with Crippen LogP contribution in [0.5, 0.6) is 0 Å². The topological polar surface area (TPSA) is 184 Å². The summed E-state index contributed by atoms with van der Waals surface area (Å²) in [4.78, 5) is 48.1. The van der Waals surface area contributed by atoms with E-state index >= 15 is 4.39 Å². The molecule has 3 heterocycles. The zero-order chi connectivity index (χ0) is 46.3. The summed E-state index contributed by atoms with van der Waals surface area (Å²) in [6.07, 6.45) is -1.06. The molecule has 3 unspecified atom stereocenters. The van der Waals surface area contributed by atoms with Gasteiger partial charge in [-0.25, -0.2) is 14.0 Å². The van der Waals surface area contributed by atoms with Gasteiger partial charge in [-0.05, 0) is 106 Å². The van der Waals surface area contributed by atoms with E-state index in [9.17, 15) is 19.5 Å².